The van der Waals surface area contributed by atoms with E-state index in [0.29, 0.717) is 13.1 Å². The Morgan fingerprint density at radius 3 is 2.52 bits per heavy atom. The predicted molar refractivity (Wildman–Crippen MR) is 116 cm³/mol. The van der Waals surface area contributed by atoms with Crippen molar-refractivity contribution in [2.45, 2.75) is 13.1 Å². The van der Waals surface area contributed by atoms with Gasteiger partial charge in [-0.2, -0.15) is 5.10 Å². The third-order valence-electron chi connectivity index (χ3n) is 5.18. The summed E-state index contributed by atoms with van der Waals surface area (Å²) in [5.41, 5.74) is 1.61. The van der Waals surface area contributed by atoms with Crippen LogP contribution < -0.4 is 11.2 Å². The highest BCUT2D eigenvalue weighted by atomic mass is 16.2. The van der Waals surface area contributed by atoms with Crippen LogP contribution in [0.15, 0.2) is 64.6 Å². The number of aryl methyl sites for hydroxylation is 1. The van der Waals surface area contributed by atoms with Gasteiger partial charge >= 0.3 is 5.69 Å². The van der Waals surface area contributed by atoms with E-state index in [1.165, 1.54) is 30.9 Å². The molecule has 0 aliphatic heterocycles. The molecule has 0 N–H and O–H groups in total. The fraction of sp³-hybridized carbons (Fsp3) is 0.227. The maximum Gasteiger partial charge on any atom is 0.332 e. The lowest BCUT2D eigenvalue weighted by molar-refractivity contribution is 0.0785. The topological polar surface area (TPSA) is 95.0 Å². The van der Waals surface area contributed by atoms with Gasteiger partial charge in [-0.3, -0.25) is 23.4 Å². The van der Waals surface area contributed by atoms with Gasteiger partial charge in [0, 0.05) is 45.6 Å². The first-order chi connectivity index (χ1) is 14.8. The zero-order valence-corrected chi connectivity index (χ0v) is 17.5. The summed E-state index contributed by atoms with van der Waals surface area (Å²) in [4.78, 5) is 43.2. The molecular weight excluding hydrogens is 396 g/mol. The Bertz CT molecular complexity index is 1380. The number of aromatic nitrogens is 5. The molecule has 9 heteroatoms. The van der Waals surface area contributed by atoms with Crippen molar-refractivity contribution in [3.05, 3.63) is 92.5 Å². The van der Waals surface area contributed by atoms with Crippen LogP contribution in [0, 0.1) is 0 Å². The van der Waals surface area contributed by atoms with Gasteiger partial charge in [0.25, 0.3) is 11.5 Å². The van der Waals surface area contributed by atoms with Gasteiger partial charge < -0.3 is 4.90 Å². The van der Waals surface area contributed by atoms with Crippen molar-refractivity contribution >= 4 is 16.9 Å². The number of amides is 1. The molecule has 1 aromatic carbocycles. The number of benzene rings is 1. The molecule has 1 amide bonds. The molecule has 0 spiro atoms. The third-order valence-corrected chi connectivity index (χ3v) is 5.18. The lowest BCUT2D eigenvalue weighted by Gasteiger charge is -2.16. The Kier molecular flexibility index (Phi) is 5.24. The van der Waals surface area contributed by atoms with Gasteiger partial charge in [0.15, 0.2) is 0 Å². The lowest BCUT2D eigenvalue weighted by atomic mass is 10.2. The number of fused-ring (bicyclic) bond motifs is 1. The van der Waals surface area contributed by atoms with Crippen molar-refractivity contribution in [3.63, 3.8) is 0 Å². The number of nitrogens with zero attached hydrogens (tertiary/aromatic N) is 6. The van der Waals surface area contributed by atoms with Crippen LogP contribution in [0.3, 0.4) is 0 Å². The van der Waals surface area contributed by atoms with E-state index in [0.717, 1.165) is 15.7 Å². The Hall–Kier alpha value is -4.01. The van der Waals surface area contributed by atoms with E-state index in [2.05, 4.69) is 10.1 Å². The molecule has 0 atom stereocenters. The van der Waals surface area contributed by atoms with E-state index in [4.69, 9.17) is 0 Å². The van der Waals surface area contributed by atoms with E-state index in [1.54, 1.807) is 18.1 Å². The van der Waals surface area contributed by atoms with Gasteiger partial charge in [0.2, 0.25) is 0 Å². The maximum absolute atomic E-state index is 12.9. The van der Waals surface area contributed by atoms with Crippen molar-refractivity contribution in [1.29, 1.82) is 0 Å². The van der Waals surface area contributed by atoms with Crippen LogP contribution in [0.4, 0.5) is 0 Å². The summed E-state index contributed by atoms with van der Waals surface area (Å²) in [7, 11) is 4.62. The molecule has 4 rings (SSSR count). The highest BCUT2D eigenvalue weighted by Gasteiger charge is 2.17. The standard InChI is InChI=1S/C22H22N6O3/c1-25(12-16-10-24-28(14-16)13-15-7-5-4-6-8-15)20(29)17-9-18-19(23-11-17)26(2)22(31)27(3)21(18)30/h4-11,14H,12-13H2,1-3H3. The summed E-state index contributed by atoms with van der Waals surface area (Å²) in [5.74, 6) is -0.277. The van der Waals surface area contributed by atoms with Gasteiger partial charge in [0.05, 0.1) is 23.7 Å². The third kappa shape index (κ3) is 3.89. The summed E-state index contributed by atoms with van der Waals surface area (Å²) in [6.45, 7) is 1.01. The predicted octanol–water partition coefficient (Wildman–Crippen LogP) is 1.15. The van der Waals surface area contributed by atoms with Crippen LogP contribution in [0.25, 0.3) is 11.0 Å². The molecule has 31 heavy (non-hydrogen) atoms. The summed E-state index contributed by atoms with van der Waals surface area (Å²) in [5, 5.41) is 4.59. The average Bonchev–Trinajstić information content (AvgIpc) is 3.22. The highest BCUT2D eigenvalue weighted by molar-refractivity contribution is 5.96. The van der Waals surface area contributed by atoms with E-state index >= 15 is 0 Å². The van der Waals surface area contributed by atoms with Crippen molar-refractivity contribution in [3.8, 4) is 0 Å². The first kappa shape index (κ1) is 20.3. The molecule has 0 saturated heterocycles. The lowest BCUT2D eigenvalue weighted by Crippen LogP contribution is -2.37. The van der Waals surface area contributed by atoms with Crippen LogP contribution in [0.5, 0.6) is 0 Å². The number of hydrogen-bond acceptors (Lipinski definition) is 5. The molecule has 0 fully saturated rings. The zero-order valence-electron chi connectivity index (χ0n) is 17.5. The minimum absolute atomic E-state index is 0.222. The summed E-state index contributed by atoms with van der Waals surface area (Å²) < 4.78 is 4.11. The van der Waals surface area contributed by atoms with Crippen molar-refractivity contribution in [2.75, 3.05) is 7.05 Å². The second-order valence-corrected chi connectivity index (χ2v) is 7.49. The molecule has 9 nitrogen and oxygen atoms in total. The minimum Gasteiger partial charge on any atom is -0.337 e. The number of carbonyl (C=O) groups excluding carboxylic acids is 1. The molecule has 0 aliphatic rings. The Labute approximate surface area is 177 Å². The van der Waals surface area contributed by atoms with E-state index < -0.39 is 11.2 Å². The van der Waals surface area contributed by atoms with Gasteiger partial charge in [-0.15, -0.1) is 0 Å². The van der Waals surface area contributed by atoms with E-state index in [9.17, 15) is 14.4 Å². The first-order valence-electron chi connectivity index (χ1n) is 9.71. The number of rotatable bonds is 5. The Morgan fingerprint density at radius 2 is 1.77 bits per heavy atom. The molecule has 0 bridgehead atoms. The van der Waals surface area contributed by atoms with E-state index in [1.807, 2.05) is 41.2 Å². The molecule has 0 unspecified atom stereocenters. The average molecular weight is 418 g/mol. The molecule has 3 aromatic heterocycles. The number of pyridine rings is 1. The van der Waals surface area contributed by atoms with Crippen molar-refractivity contribution < 1.29 is 4.79 Å². The van der Waals surface area contributed by atoms with E-state index in [-0.39, 0.29) is 22.5 Å². The smallest absolute Gasteiger partial charge is 0.332 e. The molecule has 4 aromatic rings. The highest BCUT2D eigenvalue weighted by Crippen LogP contribution is 2.12. The fourth-order valence-corrected chi connectivity index (χ4v) is 3.49. The van der Waals surface area contributed by atoms with Crippen LogP contribution in [0.2, 0.25) is 0 Å². The molecule has 0 aliphatic carbocycles. The fourth-order valence-electron chi connectivity index (χ4n) is 3.49. The monoisotopic (exact) mass is 418 g/mol. The normalized spacial score (nSPS) is 11.1. The zero-order chi connectivity index (χ0) is 22.1. The Balaban J connectivity index is 1.54. The van der Waals surface area contributed by atoms with Gasteiger partial charge in [-0.05, 0) is 11.6 Å². The molecule has 158 valence electrons. The van der Waals surface area contributed by atoms with Gasteiger partial charge in [0.1, 0.15) is 5.65 Å². The molecular formula is C22H22N6O3. The number of carbonyl (C=O) groups is 1. The molecule has 0 saturated carbocycles. The van der Waals surface area contributed by atoms with Crippen LogP contribution in [0.1, 0.15) is 21.5 Å². The molecule has 0 radical (unpaired) electrons. The van der Waals surface area contributed by atoms with Crippen molar-refractivity contribution in [1.82, 2.24) is 28.8 Å². The SMILES string of the molecule is CN(Cc1cnn(Cc2ccccc2)c1)C(=O)c1cnc2c(c1)c(=O)n(C)c(=O)n2C. The maximum atomic E-state index is 12.9. The van der Waals surface area contributed by atoms with Gasteiger partial charge in [-0.1, -0.05) is 30.3 Å². The molecule has 3 heterocycles. The Morgan fingerprint density at radius 1 is 1.03 bits per heavy atom. The van der Waals surface area contributed by atoms with Crippen LogP contribution in [-0.2, 0) is 27.2 Å². The summed E-state index contributed by atoms with van der Waals surface area (Å²) in [6, 6.07) is 11.5. The first-order valence-corrected chi connectivity index (χ1v) is 9.71. The van der Waals surface area contributed by atoms with Crippen LogP contribution in [-0.4, -0.2) is 41.8 Å². The quantitative estimate of drug-likeness (QED) is 0.485. The summed E-state index contributed by atoms with van der Waals surface area (Å²) in [6.07, 6.45) is 5.02. The largest absolute Gasteiger partial charge is 0.337 e. The number of hydrogen-bond donors (Lipinski definition) is 0. The minimum atomic E-state index is -0.481. The van der Waals surface area contributed by atoms with Gasteiger partial charge in [-0.25, -0.2) is 9.78 Å². The van der Waals surface area contributed by atoms with Crippen molar-refractivity contribution in [2.24, 2.45) is 14.1 Å². The van der Waals surface area contributed by atoms with Crippen LogP contribution >= 0.6 is 0 Å². The summed E-state index contributed by atoms with van der Waals surface area (Å²) >= 11 is 0. The second-order valence-electron chi connectivity index (χ2n) is 7.49. The second kappa shape index (κ2) is 8.02.